The Morgan fingerprint density at radius 3 is 2.52 bits per heavy atom. The Balaban J connectivity index is 0.00000156. The molecule has 0 bridgehead atoms. The van der Waals surface area contributed by atoms with E-state index in [0.717, 1.165) is 4.90 Å². The minimum Gasteiger partial charge on any atom is -0.872 e. The maximum atomic E-state index is 12.4. The van der Waals surface area contributed by atoms with Gasteiger partial charge in [-0.25, -0.2) is 9.78 Å². The third-order valence-corrected chi connectivity index (χ3v) is 3.47. The quantitative estimate of drug-likeness (QED) is 0.488. The van der Waals surface area contributed by atoms with Crippen LogP contribution in [0, 0.1) is 0 Å². The zero-order valence-electron chi connectivity index (χ0n) is 14.3. The molecule has 1 aliphatic heterocycles. The second kappa shape index (κ2) is 8.54. The molecule has 1 aromatic carbocycles. The topological polar surface area (TPSA) is 114 Å². The first-order chi connectivity index (χ1) is 10.9. The van der Waals surface area contributed by atoms with Crippen molar-refractivity contribution >= 4 is 17.7 Å². The minimum atomic E-state index is -1.80. The summed E-state index contributed by atoms with van der Waals surface area (Å²) < 4.78 is 1.42. The number of hydroxylamine groups is 2. The van der Waals surface area contributed by atoms with Crippen LogP contribution < -0.4 is 74.2 Å². The Labute approximate surface area is 187 Å². The van der Waals surface area contributed by atoms with Crippen molar-refractivity contribution in [3.05, 3.63) is 41.9 Å². The number of carbonyl (C=O) groups is 2. The predicted octanol–water partition coefficient (Wildman–Crippen LogP) is -7.19. The number of hydrogen-bond acceptors (Lipinski definition) is 7. The number of carbonyl (C=O) groups excluding carboxylic acids is 2. The van der Waals surface area contributed by atoms with Crippen LogP contribution in [0.15, 0.2) is 30.6 Å². The van der Waals surface area contributed by atoms with Gasteiger partial charge in [0.1, 0.15) is 0 Å². The molecule has 1 aliphatic rings. The summed E-state index contributed by atoms with van der Waals surface area (Å²) in [5.74, 6) is -2.22. The number of fused-ring (bicyclic) bond motifs is 1. The molecule has 2 heterocycles. The van der Waals surface area contributed by atoms with Crippen molar-refractivity contribution in [3.8, 4) is 5.75 Å². The molecule has 1 atom stereocenters. The molecule has 1 unspecified atom stereocenters. The molecule has 2 aromatic rings. The van der Waals surface area contributed by atoms with E-state index in [1.54, 1.807) is 7.05 Å². The summed E-state index contributed by atoms with van der Waals surface area (Å²) in [6, 6.07) is 5.40. The number of imidazole rings is 1. The van der Waals surface area contributed by atoms with Crippen molar-refractivity contribution < 1.29 is 83.8 Å². The summed E-state index contributed by atoms with van der Waals surface area (Å²) in [6.45, 7) is 0. The molecule has 0 saturated carbocycles. The van der Waals surface area contributed by atoms with Crippen LogP contribution in [0.25, 0.3) is 0 Å². The third-order valence-electron chi connectivity index (χ3n) is 3.47. The number of amides is 1. The van der Waals surface area contributed by atoms with Crippen molar-refractivity contribution in [3.63, 3.8) is 0 Å². The molecular formula is C14H12N4Na2O5. The standard InChI is InChI=1S/C14H13N4O5.2Na/c1-16-7-15-11-10(16)12(20)18(14(22)17(11)2)23-13(21)8-5-3-4-6-9(8)19;;/h3-7,14,19H,1-2H3;;/q-1;2*+1/p-1. The number of para-hydroxylation sites is 1. The summed E-state index contributed by atoms with van der Waals surface area (Å²) in [7, 11) is 3.01. The first kappa shape index (κ1) is 22.0. The summed E-state index contributed by atoms with van der Waals surface area (Å²) >= 11 is 0. The van der Waals surface area contributed by atoms with Crippen LogP contribution >= 0.6 is 0 Å². The van der Waals surface area contributed by atoms with Crippen LogP contribution in [0.5, 0.6) is 5.75 Å². The van der Waals surface area contributed by atoms with Gasteiger partial charge in [-0.05, 0) is 6.07 Å². The van der Waals surface area contributed by atoms with Crippen LogP contribution in [-0.4, -0.2) is 39.9 Å². The molecule has 0 N–H and O–H groups in total. The molecule has 120 valence electrons. The molecule has 1 aromatic heterocycles. The molecule has 9 nitrogen and oxygen atoms in total. The van der Waals surface area contributed by atoms with Gasteiger partial charge in [-0.1, -0.05) is 23.9 Å². The smallest absolute Gasteiger partial charge is 0.872 e. The Morgan fingerprint density at radius 2 is 1.88 bits per heavy atom. The molecule has 11 heteroatoms. The normalized spacial score (nSPS) is 15.8. The SMILES string of the molecule is CN1c2ncn(C)c2C(=O)N(OC(=O)c2ccccc2[O-])C1[O-].[Na+].[Na+]. The number of anilines is 1. The van der Waals surface area contributed by atoms with E-state index in [1.165, 1.54) is 42.2 Å². The number of nitrogens with zero attached hydrogens (tertiary/aromatic N) is 4. The van der Waals surface area contributed by atoms with Gasteiger partial charge in [-0.3, -0.25) is 4.79 Å². The number of hydrogen-bond donors (Lipinski definition) is 0. The van der Waals surface area contributed by atoms with Gasteiger partial charge in [0.15, 0.2) is 11.5 Å². The third kappa shape index (κ3) is 3.87. The molecule has 0 fully saturated rings. The average molecular weight is 362 g/mol. The molecular weight excluding hydrogens is 350 g/mol. The number of benzene rings is 1. The summed E-state index contributed by atoms with van der Waals surface area (Å²) in [4.78, 5) is 34.5. The second-order valence-corrected chi connectivity index (χ2v) is 4.97. The van der Waals surface area contributed by atoms with Gasteiger partial charge in [0.05, 0.1) is 18.2 Å². The van der Waals surface area contributed by atoms with Crippen LogP contribution in [0.4, 0.5) is 5.82 Å². The van der Waals surface area contributed by atoms with Gasteiger partial charge >= 0.3 is 71.0 Å². The summed E-state index contributed by atoms with van der Waals surface area (Å²) in [6.07, 6.45) is -0.419. The minimum absolute atomic E-state index is 0. The molecule has 0 aliphatic carbocycles. The molecule has 25 heavy (non-hydrogen) atoms. The molecule has 0 spiro atoms. The number of rotatable bonds is 2. The number of aryl methyl sites for hydroxylation is 1. The van der Waals surface area contributed by atoms with Crippen molar-refractivity contribution in [2.24, 2.45) is 7.05 Å². The summed E-state index contributed by atoms with van der Waals surface area (Å²) in [5.41, 5.74) is -0.145. The first-order valence-electron chi connectivity index (χ1n) is 6.63. The van der Waals surface area contributed by atoms with Gasteiger partial charge in [0.25, 0.3) is 0 Å². The van der Waals surface area contributed by atoms with Gasteiger partial charge in [-0.15, -0.1) is 0 Å². The van der Waals surface area contributed by atoms with E-state index in [0.29, 0.717) is 5.06 Å². The van der Waals surface area contributed by atoms with Gasteiger partial charge in [-0.2, -0.15) is 5.06 Å². The Morgan fingerprint density at radius 1 is 1.24 bits per heavy atom. The Bertz CT molecular complexity index is 797. The van der Waals surface area contributed by atoms with E-state index in [4.69, 9.17) is 4.84 Å². The van der Waals surface area contributed by atoms with Gasteiger partial charge in [0.2, 0.25) is 0 Å². The van der Waals surface area contributed by atoms with Crippen molar-refractivity contribution in [2.45, 2.75) is 6.35 Å². The van der Waals surface area contributed by atoms with Crippen molar-refractivity contribution in [2.75, 3.05) is 11.9 Å². The largest absolute Gasteiger partial charge is 1.00 e. The summed E-state index contributed by atoms with van der Waals surface area (Å²) in [5, 5.41) is 24.3. The molecule has 1 amide bonds. The fraction of sp³-hybridized carbons (Fsp3) is 0.214. The average Bonchev–Trinajstić information content (AvgIpc) is 2.91. The predicted molar refractivity (Wildman–Crippen MR) is 72.9 cm³/mol. The van der Waals surface area contributed by atoms with Crippen molar-refractivity contribution in [1.82, 2.24) is 14.6 Å². The van der Waals surface area contributed by atoms with E-state index in [2.05, 4.69) is 4.98 Å². The Kier molecular flexibility index (Phi) is 7.51. The van der Waals surface area contributed by atoms with Crippen LogP contribution in [0.2, 0.25) is 0 Å². The zero-order chi connectivity index (χ0) is 16.7. The Hall–Kier alpha value is -1.07. The fourth-order valence-corrected chi connectivity index (χ4v) is 2.25. The van der Waals surface area contributed by atoms with Crippen LogP contribution in [0.3, 0.4) is 0 Å². The number of aromatic nitrogens is 2. The maximum absolute atomic E-state index is 12.4. The van der Waals surface area contributed by atoms with Crippen LogP contribution in [0.1, 0.15) is 20.8 Å². The fourth-order valence-electron chi connectivity index (χ4n) is 2.25. The van der Waals surface area contributed by atoms with E-state index in [1.807, 2.05) is 0 Å². The first-order valence-corrected chi connectivity index (χ1v) is 6.63. The van der Waals surface area contributed by atoms with E-state index >= 15 is 0 Å². The second-order valence-electron chi connectivity index (χ2n) is 4.97. The van der Waals surface area contributed by atoms with E-state index in [9.17, 15) is 19.8 Å². The van der Waals surface area contributed by atoms with Crippen LogP contribution in [-0.2, 0) is 11.9 Å². The maximum Gasteiger partial charge on any atom is 1.00 e. The van der Waals surface area contributed by atoms with E-state index in [-0.39, 0.29) is 76.2 Å². The monoisotopic (exact) mass is 362 g/mol. The molecule has 3 rings (SSSR count). The van der Waals surface area contributed by atoms with Gasteiger partial charge < -0.3 is 24.5 Å². The molecule has 0 saturated heterocycles. The molecule has 0 radical (unpaired) electrons. The van der Waals surface area contributed by atoms with E-state index < -0.39 is 24.0 Å². The van der Waals surface area contributed by atoms with Gasteiger partial charge in [0, 0.05) is 14.1 Å². The zero-order valence-corrected chi connectivity index (χ0v) is 18.3. The van der Waals surface area contributed by atoms with Crippen molar-refractivity contribution in [1.29, 1.82) is 0 Å².